The number of hydrogen-bond acceptors (Lipinski definition) is 4. The number of aliphatic imine (C=N–C) groups is 1. The van der Waals surface area contributed by atoms with Crippen LogP contribution >= 0.6 is 24.0 Å². The second-order valence-corrected chi connectivity index (χ2v) is 7.64. The van der Waals surface area contributed by atoms with Crippen molar-refractivity contribution in [1.82, 2.24) is 15.2 Å². The molecule has 174 valence electrons. The Balaban J connectivity index is 0.00000289. The van der Waals surface area contributed by atoms with Gasteiger partial charge in [-0.25, -0.2) is 4.98 Å². The Morgan fingerprint density at radius 3 is 2.50 bits per heavy atom. The van der Waals surface area contributed by atoms with Crippen LogP contribution in [0.5, 0.6) is 5.75 Å². The summed E-state index contributed by atoms with van der Waals surface area (Å²) in [6.45, 7) is 5.87. The quantitative estimate of drug-likeness (QED) is 0.337. The van der Waals surface area contributed by atoms with E-state index in [-0.39, 0.29) is 41.7 Å². The normalized spacial score (nSPS) is 21.1. The number of alkyl halides is 3. The van der Waals surface area contributed by atoms with Gasteiger partial charge in [0, 0.05) is 50.9 Å². The van der Waals surface area contributed by atoms with E-state index < -0.39 is 6.36 Å². The van der Waals surface area contributed by atoms with Gasteiger partial charge >= 0.3 is 6.36 Å². The Bertz CT molecular complexity index is 904. The molecule has 2 unspecified atom stereocenters. The van der Waals surface area contributed by atoms with E-state index in [1.165, 1.54) is 6.07 Å². The van der Waals surface area contributed by atoms with E-state index in [4.69, 9.17) is 0 Å². The smallest absolute Gasteiger partial charge is 0.405 e. The Morgan fingerprint density at radius 1 is 1.12 bits per heavy atom. The summed E-state index contributed by atoms with van der Waals surface area (Å²) >= 11 is 0. The zero-order valence-corrected chi connectivity index (χ0v) is 20.1. The highest BCUT2D eigenvalue weighted by atomic mass is 127. The van der Waals surface area contributed by atoms with Gasteiger partial charge < -0.3 is 19.9 Å². The van der Waals surface area contributed by atoms with Crippen LogP contribution in [-0.2, 0) is 0 Å². The number of rotatable bonds is 5. The molecule has 1 aliphatic heterocycles. The number of hydrogen-bond donors (Lipinski definition) is 1. The highest BCUT2D eigenvalue weighted by Crippen LogP contribution is 2.45. The first-order chi connectivity index (χ1) is 14.9. The van der Waals surface area contributed by atoms with Crippen molar-refractivity contribution in [2.75, 3.05) is 37.6 Å². The van der Waals surface area contributed by atoms with Crippen molar-refractivity contribution in [3.05, 3.63) is 54.2 Å². The van der Waals surface area contributed by atoms with Gasteiger partial charge in [0.2, 0.25) is 0 Å². The van der Waals surface area contributed by atoms with Gasteiger partial charge in [-0.1, -0.05) is 24.3 Å². The number of guanidine groups is 1. The van der Waals surface area contributed by atoms with Crippen molar-refractivity contribution in [2.24, 2.45) is 4.99 Å². The van der Waals surface area contributed by atoms with E-state index in [1.54, 1.807) is 24.4 Å². The van der Waals surface area contributed by atoms with E-state index >= 15 is 0 Å². The number of para-hydroxylation sites is 1. The molecule has 6 nitrogen and oxygen atoms in total. The summed E-state index contributed by atoms with van der Waals surface area (Å²) in [4.78, 5) is 13.5. The first kappa shape index (κ1) is 24.4. The standard InChI is InChI=1S/C22H26F3N5O.HI/c1-2-26-21(30-13-11-29(12-14-30)20-9-5-6-10-27-20)28-18-15-17(18)16-7-3-4-8-19(16)31-22(23,24)25;/h3-10,17-18H,2,11-15H2,1H3,(H,26,28);1H. The molecule has 0 radical (unpaired) electrons. The van der Waals surface area contributed by atoms with Crippen LogP contribution in [0, 0.1) is 0 Å². The van der Waals surface area contributed by atoms with E-state index in [2.05, 4.69) is 29.8 Å². The monoisotopic (exact) mass is 561 g/mol. The number of anilines is 1. The number of aromatic nitrogens is 1. The number of halogens is 4. The molecule has 2 atom stereocenters. The van der Waals surface area contributed by atoms with Crippen LogP contribution in [-0.4, -0.2) is 61.0 Å². The molecule has 2 aromatic rings. The van der Waals surface area contributed by atoms with Crippen LogP contribution in [0.25, 0.3) is 0 Å². The molecule has 2 aliphatic rings. The average Bonchev–Trinajstić information content (AvgIpc) is 3.52. The van der Waals surface area contributed by atoms with Gasteiger partial charge in [0.15, 0.2) is 5.96 Å². The number of nitrogens with one attached hydrogen (secondary N) is 1. The topological polar surface area (TPSA) is 53.0 Å². The second kappa shape index (κ2) is 10.6. The molecule has 2 heterocycles. The molecule has 4 rings (SSSR count). The molecular formula is C22H27F3IN5O. The van der Waals surface area contributed by atoms with Crippen molar-refractivity contribution >= 4 is 35.8 Å². The lowest BCUT2D eigenvalue weighted by Crippen LogP contribution is -2.53. The van der Waals surface area contributed by atoms with E-state index in [9.17, 15) is 13.2 Å². The summed E-state index contributed by atoms with van der Waals surface area (Å²) in [5.41, 5.74) is 0.577. The number of nitrogens with zero attached hydrogens (tertiary/aromatic N) is 4. The van der Waals surface area contributed by atoms with E-state index in [1.807, 2.05) is 25.1 Å². The molecule has 32 heavy (non-hydrogen) atoms. The summed E-state index contributed by atoms with van der Waals surface area (Å²) < 4.78 is 42.4. The Hall–Kier alpha value is -2.24. The van der Waals surface area contributed by atoms with Gasteiger partial charge in [0.05, 0.1) is 0 Å². The molecule has 1 aliphatic carbocycles. The highest BCUT2D eigenvalue weighted by molar-refractivity contribution is 14.0. The number of piperazine rings is 1. The van der Waals surface area contributed by atoms with Crippen LogP contribution in [0.3, 0.4) is 0 Å². The molecule has 0 amide bonds. The van der Waals surface area contributed by atoms with Crippen molar-refractivity contribution in [3.63, 3.8) is 0 Å². The lowest BCUT2D eigenvalue weighted by Gasteiger charge is -2.37. The second-order valence-electron chi connectivity index (χ2n) is 7.64. The van der Waals surface area contributed by atoms with Crippen LogP contribution < -0.4 is 15.0 Å². The van der Waals surface area contributed by atoms with Crippen molar-refractivity contribution in [3.8, 4) is 5.75 Å². The Morgan fingerprint density at radius 2 is 1.84 bits per heavy atom. The molecular weight excluding hydrogens is 534 g/mol. The SMILES string of the molecule is CCN=C(NC1CC1c1ccccc1OC(F)(F)F)N1CCN(c2ccccn2)CC1.I. The van der Waals surface area contributed by atoms with Crippen LogP contribution in [0.15, 0.2) is 53.7 Å². The first-order valence-electron chi connectivity index (χ1n) is 10.5. The van der Waals surface area contributed by atoms with Gasteiger partial charge in [-0.05, 0) is 37.1 Å². The fraction of sp³-hybridized carbons (Fsp3) is 0.455. The maximum Gasteiger partial charge on any atom is 0.573 e. The largest absolute Gasteiger partial charge is 0.573 e. The molecule has 0 bridgehead atoms. The van der Waals surface area contributed by atoms with Crippen molar-refractivity contribution < 1.29 is 17.9 Å². The predicted octanol–water partition coefficient (Wildman–Crippen LogP) is 4.24. The number of ether oxygens (including phenoxy) is 1. The van der Waals surface area contributed by atoms with Crippen molar-refractivity contribution in [1.29, 1.82) is 0 Å². The number of pyridine rings is 1. The molecule has 1 aromatic carbocycles. The summed E-state index contributed by atoms with van der Waals surface area (Å²) in [5.74, 6) is 1.62. The van der Waals surface area contributed by atoms with Gasteiger partial charge in [-0.15, -0.1) is 37.1 Å². The lowest BCUT2D eigenvalue weighted by molar-refractivity contribution is -0.274. The third-order valence-corrected chi connectivity index (χ3v) is 5.51. The minimum Gasteiger partial charge on any atom is -0.405 e. The number of benzene rings is 1. The third-order valence-electron chi connectivity index (χ3n) is 5.51. The molecule has 2 fully saturated rings. The van der Waals surface area contributed by atoms with Crippen LogP contribution in [0.4, 0.5) is 19.0 Å². The van der Waals surface area contributed by atoms with Gasteiger partial charge in [0.1, 0.15) is 11.6 Å². The van der Waals surface area contributed by atoms with Crippen molar-refractivity contribution in [2.45, 2.75) is 31.7 Å². The summed E-state index contributed by atoms with van der Waals surface area (Å²) in [7, 11) is 0. The minimum absolute atomic E-state index is 0. The molecule has 1 N–H and O–H groups in total. The average molecular weight is 561 g/mol. The third kappa shape index (κ3) is 6.17. The Kier molecular flexibility index (Phi) is 8.07. The van der Waals surface area contributed by atoms with E-state index in [0.717, 1.165) is 44.4 Å². The fourth-order valence-corrected chi connectivity index (χ4v) is 3.94. The zero-order chi connectivity index (χ0) is 21.8. The van der Waals surface area contributed by atoms with Gasteiger partial charge in [-0.2, -0.15) is 0 Å². The maximum absolute atomic E-state index is 12.7. The molecule has 1 saturated carbocycles. The highest BCUT2D eigenvalue weighted by Gasteiger charge is 2.43. The first-order valence-corrected chi connectivity index (χ1v) is 10.5. The summed E-state index contributed by atoms with van der Waals surface area (Å²) in [6.07, 6.45) is -2.16. The molecule has 0 spiro atoms. The summed E-state index contributed by atoms with van der Waals surface area (Å²) in [6, 6.07) is 12.3. The zero-order valence-electron chi connectivity index (χ0n) is 17.8. The van der Waals surface area contributed by atoms with Crippen LogP contribution in [0.1, 0.15) is 24.8 Å². The summed E-state index contributed by atoms with van der Waals surface area (Å²) in [5, 5.41) is 3.46. The fourth-order valence-electron chi connectivity index (χ4n) is 3.94. The van der Waals surface area contributed by atoms with Crippen LogP contribution in [0.2, 0.25) is 0 Å². The predicted molar refractivity (Wildman–Crippen MR) is 129 cm³/mol. The maximum atomic E-state index is 12.7. The molecule has 1 saturated heterocycles. The minimum atomic E-state index is -4.70. The van der Waals surface area contributed by atoms with E-state index in [0.29, 0.717) is 12.1 Å². The van der Waals surface area contributed by atoms with Gasteiger partial charge in [0.25, 0.3) is 0 Å². The molecule has 1 aromatic heterocycles. The Labute approximate surface area is 202 Å². The lowest BCUT2D eigenvalue weighted by atomic mass is 10.1. The molecule has 10 heteroatoms. The van der Waals surface area contributed by atoms with Gasteiger partial charge in [-0.3, -0.25) is 4.99 Å².